The molecule has 3 heteroatoms. The summed E-state index contributed by atoms with van der Waals surface area (Å²) in [4.78, 5) is 3.31. The average molecular weight is 264 g/mol. The Labute approximate surface area is 109 Å². The summed E-state index contributed by atoms with van der Waals surface area (Å²) in [6, 6.07) is 8.19. The molecular formula is C14H11Cl2N. The van der Waals surface area contributed by atoms with E-state index in [1.165, 1.54) is 0 Å². The van der Waals surface area contributed by atoms with Crippen molar-refractivity contribution in [3.8, 4) is 0 Å². The molecule has 1 heterocycles. The maximum atomic E-state index is 6.25. The first-order valence-corrected chi connectivity index (χ1v) is 6.19. The Bertz CT molecular complexity index is 679. The second kappa shape index (κ2) is 3.66. The van der Waals surface area contributed by atoms with Crippen LogP contribution >= 0.6 is 23.2 Å². The minimum atomic E-state index is 0.741. The molecule has 1 aromatic heterocycles. The van der Waals surface area contributed by atoms with Crippen LogP contribution in [-0.2, 0) is 0 Å². The predicted octanol–water partition coefficient (Wildman–Crippen LogP) is 5.24. The maximum absolute atomic E-state index is 6.25. The van der Waals surface area contributed by atoms with E-state index in [0.29, 0.717) is 0 Å². The highest BCUT2D eigenvalue weighted by Crippen LogP contribution is 2.35. The normalized spacial score (nSPS) is 11.5. The molecule has 3 rings (SSSR count). The minimum Gasteiger partial charge on any atom is -0.352 e. The molecule has 86 valence electrons. The molecule has 2 aromatic carbocycles. The van der Waals surface area contributed by atoms with Crippen LogP contribution in [0.5, 0.6) is 0 Å². The van der Waals surface area contributed by atoms with Gasteiger partial charge in [-0.1, -0.05) is 23.2 Å². The van der Waals surface area contributed by atoms with Crippen molar-refractivity contribution in [1.29, 1.82) is 0 Å². The third-order valence-corrected chi connectivity index (χ3v) is 3.61. The number of hydrogen-bond acceptors (Lipinski definition) is 0. The van der Waals surface area contributed by atoms with E-state index < -0.39 is 0 Å². The minimum absolute atomic E-state index is 0.741. The van der Waals surface area contributed by atoms with E-state index in [0.717, 1.165) is 43.0 Å². The maximum Gasteiger partial charge on any atom is 0.0654 e. The van der Waals surface area contributed by atoms with E-state index in [1.807, 2.05) is 26.0 Å². The van der Waals surface area contributed by atoms with E-state index in [1.54, 1.807) is 0 Å². The van der Waals surface area contributed by atoms with Crippen molar-refractivity contribution in [2.24, 2.45) is 0 Å². The summed E-state index contributed by atoms with van der Waals surface area (Å²) >= 11 is 12.5. The van der Waals surface area contributed by atoms with Gasteiger partial charge in [-0.15, -0.1) is 0 Å². The molecule has 0 spiro atoms. The van der Waals surface area contributed by atoms with Gasteiger partial charge >= 0.3 is 0 Å². The Balaban J connectivity index is 2.60. The second-order valence-corrected chi connectivity index (χ2v) is 5.28. The number of aromatic amines is 1. The Hall–Kier alpha value is -1.18. The summed E-state index contributed by atoms with van der Waals surface area (Å²) in [6.45, 7) is 4.09. The molecule has 1 N–H and O–H groups in total. The molecule has 0 saturated heterocycles. The molecule has 0 atom stereocenters. The number of halogens is 2. The third kappa shape index (κ3) is 1.62. The van der Waals surface area contributed by atoms with Crippen molar-refractivity contribution >= 4 is 45.0 Å². The van der Waals surface area contributed by atoms with Crippen molar-refractivity contribution in [3.05, 3.63) is 45.4 Å². The molecule has 0 saturated carbocycles. The Kier molecular flexibility index (Phi) is 2.35. The van der Waals surface area contributed by atoms with Crippen LogP contribution in [0, 0.1) is 13.8 Å². The number of fused-ring (bicyclic) bond motifs is 3. The van der Waals surface area contributed by atoms with Crippen LogP contribution in [0.15, 0.2) is 24.3 Å². The van der Waals surface area contributed by atoms with Crippen LogP contribution < -0.4 is 0 Å². The first-order chi connectivity index (χ1) is 8.06. The van der Waals surface area contributed by atoms with Crippen molar-refractivity contribution < 1.29 is 0 Å². The summed E-state index contributed by atoms with van der Waals surface area (Å²) in [6.07, 6.45) is 0. The van der Waals surface area contributed by atoms with Gasteiger partial charge in [-0.25, -0.2) is 0 Å². The summed E-state index contributed by atoms with van der Waals surface area (Å²) in [7, 11) is 0. The van der Waals surface area contributed by atoms with E-state index in [4.69, 9.17) is 23.2 Å². The first-order valence-electron chi connectivity index (χ1n) is 5.44. The molecule has 0 aliphatic carbocycles. The highest BCUT2D eigenvalue weighted by Gasteiger charge is 2.10. The van der Waals surface area contributed by atoms with Crippen LogP contribution in [0.1, 0.15) is 11.1 Å². The summed E-state index contributed by atoms with van der Waals surface area (Å²) in [5.74, 6) is 0. The Morgan fingerprint density at radius 3 is 1.59 bits per heavy atom. The van der Waals surface area contributed by atoms with Crippen LogP contribution in [0.3, 0.4) is 0 Å². The molecule has 0 aliphatic heterocycles. The number of aromatic nitrogens is 1. The molecule has 0 amide bonds. The van der Waals surface area contributed by atoms with Crippen molar-refractivity contribution in [3.63, 3.8) is 0 Å². The molecular weight excluding hydrogens is 253 g/mol. The van der Waals surface area contributed by atoms with Gasteiger partial charge < -0.3 is 4.98 Å². The topological polar surface area (TPSA) is 15.8 Å². The Morgan fingerprint density at radius 2 is 1.18 bits per heavy atom. The predicted molar refractivity (Wildman–Crippen MR) is 75.3 cm³/mol. The lowest BCUT2D eigenvalue weighted by Gasteiger charge is -1.98. The monoisotopic (exact) mass is 263 g/mol. The molecule has 0 radical (unpaired) electrons. The van der Waals surface area contributed by atoms with Gasteiger partial charge in [-0.2, -0.15) is 0 Å². The quantitative estimate of drug-likeness (QED) is 0.571. The van der Waals surface area contributed by atoms with E-state index in [9.17, 15) is 0 Å². The summed E-state index contributed by atoms with van der Waals surface area (Å²) in [5, 5.41) is 3.75. The third-order valence-electron chi connectivity index (χ3n) is 3.01. The summed E-state index contributed by atoms with van der Waals surface area (Å²) < 4.78 is 0. The van der Waals surface area contributed by atoms with Gasteiger partial charge in [0.1, 0.15) is 0 Å². The van der Waals surface area contributed by atoms with E-state index in [-0.39, 0.29) is 0 Å². The molecule has 17 heavy (non-hydrogen) atoms. The van der Waals surface area contributed by atoms with Gasteiger partial charge in [0.25, 0.3) is 0 Å². The lowest BCUT2D eigenvalue weighted by molar-refractivity contribution is 1.47. The van der Waals surface area contributed by atoms with E-state index in [2.05, 4.69) is 17.1 Å². The highest BCUT2D eigenvalue weighted by atomic mass is 35.5. The van der Waals surface area contributed by atoms with Gasteiger partial charge in [-0.3, -0.25) is 0 Å². The van der Waals surface area contributed by atoms with Crippen LogP contribution in [0.2, 0.25) is 10.0 Å². The summed E-state index contributed by atoms with van der Waals surface area (Å²) in [5.41, 5.74) is 4.22. The lowest BCUT2D eigenvalue weighted by Crippen LogP contribution is -1.75. The van der Waals surface area contributed by atoms with E-state index >= 15 is 0 Å². The molecule has 0 fully saturated rings. The highest BCUT2D eigenvalue weighted by molar-refractivity contribution is 6.39. The SMILES string of the molecule is Cc1cc(Cl)c2[nH]c3c(Cl)cc(C)cc3c2c1. The van der Waals surface area contributed by atoms with Gasteiger partial charge in [0.05, 0.1) is 21.1 Å². The van der Waals surface area contributed by atoms with Gasteiger partial charge in [0, 0.05) is 10.8 Å². The lowest BCUT2D eigenvalue weighted by atomic mass is 10.1. The molecule has 0 aliphatic rings. The zero-order chi connectivity index (χ0) is 12.2. The number of nitrogens with one attached hydrogen (secondary N) is 1. The number of H-pyrrole nitrogens is 1. The van der Waals surface area contributed by atoms with Crippen molar-refractivity contribution in [2.75, 3.05) is 0 Å². The molecule has 1 nitrogen and oxygen atoms in total. The molecule has 0 bridgehead atoms. The van der Waals surface area contributed by atoms with Gasteiger partial charge in [-0.05, 0) is 49.2 Å². The zero-order valence-electron chi connectivity index (χ0n) is 9.57. The van der Waals surface area contributed by atoms with Crippen LogP contribution in [0.25, 0.3) is 21.8 Å². The van der Waals surface area contributed by atoms with Gasteiger partial charge in [0.15, 0.2) is 0 Å². The van der Waals surface area contributed by atoms with Crippen LogP contribution in [0.4, 0.5) is 0 Å². The fourth-order valence-electron chi connectivity index (χ4n) is 2.29. The number of rotatable bonds is 0. The smallest absolute Gasteiger partial charge is 0.0654 e. The zero-order valence-corrected chi connectivity index (χ0v) is 11.1. The average Bonchev–Trinajstić information content (AvgIpc) is 2.58. The van der Waals surface area contributed by atoms with Crippen LogP contribution in [-0.4, -0.2) is 4.98 Å². The van der Waals surface area contributed by atoms with Gasteiger partial charge in [0.2, 0.25) is 0 Å². The van der Waals surface area contributed by atoms with Crippen molar-refractivity contribution in [1.82, 2.24) is 4.98 Å². The molecule has 0 unspecified atom stereocenters. The standard InChI is InChI=1S/C14H11Cl2N/c1-7-3-9-10-4-8(2)6-12(16)14(10)17-13(9)11(15)5-7/h3-6,17H,1-2H3. The fraction of sp³-hybridized carbons (Fsp3) is 0.143. The Morgan fingerprint density at radius 1 is 0.765 bits per heavy atom. The molecule has 3 aromatic rings. The second-order valence-electron chi connectivity index (χ2n) is 4.46. The van der Waals surface area contributed by atoms with Crippen molar-refractivity contribution in [2.45, 2.75) is 13.8 Å². The first kappa shape index (κ1) is 10.9. The number of benzene rings is 2. The fourth-order valence-corrected chi connectivity index (χ4v) is 2.93. The number of hydrogen-bond donors (Lipinski definition) is 1. The largest absolute Gasteiger partial charge is 0.352 e. The number of aryl methyl sites for hydroxylation is 2.